The van der Waals surface area contributed by atoms with Crippen LogP contribution in [0.1, 0.15) is 11.1 Å². The Hall–Kier alpha value is -1.39. The monoisotopic (exact) mass is 367 g/mol. The number of nitrogens with one attached hydrogen (secondary N) is 1. The Kier molecular flexibility index (Phi) is 4.27. The predicted octanol–water partition coefficient (Wildman–Crippen LogP) is 4.79. The minimum Gasteiger partial charge on any atom is -0.486 e. The van der Waals surface area contributed by atoms with Gasteiger partial charge in [-0.15, -0.1) is 0 Å². The zero-order valence-electron chi connectivity index (χ0n) is 11.6. The summed E-state index contributed by atoms with van der Waals surface area (Å²) in [6, 6.07) is 9.81. The Labute approximate surface area is 137 Å². The Balaban J connectivity index is 1.78. The SMILES string of the molecule is Cc1cc(Cl)ccc1CNc1cc2c(cc1Br)OCCO2. The second kappa shape index (κ2) is 6.16. The van der Waals surface area contributed by atoms with E-state index in [1.165, 1.54) is 11.1 Å². The molecule has 0 atom stereocenters. The standard InChI is InChI=1S/C16H15BrClNO2/c1-10-6-12(18)3-2-11(10)9-19-14-8-16-15(7-13(14)17)20-4-5-21-16/h2-3,6-8,19H,4-5,9H2,1H3. The molecular weight excluding hydrogens is 354 g/mol. The van der Waals surface area contributed by atoms with Crippen molar-refractivity contribution in [1.29, 1.82) is 0 Å². The zero-order chi connectivity index (χ0) is 14.8. The van der Waals surface area contributed by atoms with Gasteiger partial charge >= 0.3 is 0 Å². The van der Waals surface area contributed by atoms with Crippen molar-refractivity contribution in [3.05, 3.63) is 51.0 Å². The lowest BCUT2D eigenvalue weighted by Crippen LogP contribution is -2.15. The van der Waals surface area contributed by atoms with Gasteiger partial charge in [-0.05, 0) is 46.1 Å². The maximum absolute atomic E-state index is 5.98. The Bertz CT molecular complexity index is 676. The molecule has 0 bridgehead atoms. The molecule has 0 radical (unpaired) electrons. The highest BCUT2D eigenvalue weighted by Gasteiger charge is 2.14. The van der Waals surface area contributed by atoms with E-state index in [9.17, 15) is 0 Å². The molecule has 1 heterocycles. The van der Waals surface area contributed by atoms with Gasteiger partial charge in [0.05, 0.1) is 5.69 Å². The van der Waals surface area contributed by atoms with Gasteiger partial charge in [-0.3, -0.25) is 0 Å². The van der Waals surface area contributed by atoms with Crippen molar-refractivity contribution in [3.8, 4) is 11.5 Å². The minimum atomic E-state index is 0.588. The first-order valence-corrected chi connectivity index (χ1v) is 7.88. The fraction of sp³-hybridized carbons (Fsp3) is 0.250. The van der Waals surface area contributed by atoms with E-state index in [0.717, 1.165) is 33.2 Å². The third kappa shape index (κ3) is 3.27. The third-order valence-corrected chi connectivity index (χ3v) is 4.30. The summed E-state index contributed by atoms with van der Waals surface area (Å²) in [5.74, 6) is 1.56. The number of hydrogen-bond acceptors (Lipinski definition) is 3. The minimum absolute atomic E-state index is 0.588. The number of rotatable bonds is 3. The van der Waals surface area contributed by atoms with Gasteiger partial charge in [0, 0.05) is 28.2 Å². The number of benzene rings is 2. The van der Waals surface area contributed by atoms with E-state index in [0.29, 0.717) is 13.2 Å². The molecular formula is C16H15BrClNO2. The van der Waals surface area contributed by atoms with Crippen LogP contribution in [0, 0.1) is 6.92 Å². The molecule has 0 amide bonds. The summed E-state index contributed by atoms with van der Waals surface area (Å²) in [5, 5.41) is 4.18. The molecule has 2 aromatic carbocycles. The van der Waals surface area contributed by atoms with Crippen molar-refractivity contribution in [3.63, 3.8) is 0 Å². The summed E-state index contributed by atoms with van der Waals surface area (Å²) in [4.78, 5) is 0. The normalized spacial score (nSPS) is 13.1. The molecule has 0 unspecified atom stereocenters. The molecule has 0 aromatic heterocycles. The smallest absolute Gasteiger partial charge is 0.163 e. The lowest BCUT2D eigenvalue weighted by atomic mass is 10.1. The summed E-state index contributed by atoms with van der Waals surface area (Å²) >= 11 is 9.54. The molecule has 0 spiro atoms. The fourth-order valence-electron chi connectivity index (χ4n) is 2.25. The number of aryl methyl sites for hydroxylation is 1. The maximum Gasteiger partial charge on any atom is 0.163 e. The maximum atomic E-state index is 5.98. The largest absolute Gasteiger partial charge is 0.486 e. The summed E-state index contributed by atoms with van der Waals surface area (Å²) in [7, 11) is 0. The molecule has 0 saturated carbocycles. The van der Waals surface area contributed by atoms with Gasteiger partial charge in [-0.2, -0.15) is 0 Å². The highest BCUT2D eigenvalue weighted by molar-refractivity contribution is 9.10. The number of halogens is 2. The molecule has 0 saturated heterocycles. The Morgan fingerprint density at radius 3 is 2.57 bits per heavy atom. The zero-order valence-corrected chi connectivity index (χ0v) is 13.9. The van der Waals surface area contributed by atoms with E-state index in [4.69, 9.17) is 21.1 Å². The highest BCUT2D eigenvalue weighted by atomic mass is 79.9. The van der Waals surface area contributed by atoms with E-state index in [2.05, 4.69) is 28.2 Å². The van der Waals surface area contributed by atoms with Gasteiger partial charge in [0.1, 0.15) is 13.2 Å². The van der Waals surface area contributed by atoms with Crippen LogP contribution in [0.5, 0.6) is 11.5 Å². The summed E-state index contributed by atoms with van der Waals surface area (Å²) in [5.41, 5.74) is 3.36. The number of ether oxygens (including phenoxy) is 2. The van der Waals surface area contributed by atoms with Gasteiger partial charge in [0.2, 0.25) is 0 Å². The fourth-order valence-corrected chi connectivity index (χ4v) is 2.94. The highest BCUT2D eigenvalue weighted by Crippen LogP contribution is 2.38. The molecule has 2 aromatic rings. The van der Waals surface area contributed by atoms with Crippen molar-refractivity contribution in [2.24, 2.45) is 0 Å². The van der Waals surface area contributed by atoms with Crippen molar-refractivity contribution < 1.29 is 9.47 Å². The van der Waals surface area contributed by atoms with E-state index in [1.807, 2.05) is 30.3 Å². The van der Waals surface area contributed by atoms with Crippen LogP contribution in [0.4, 0.5) is 5.69 Å². The molecule has 110 valence electrons. The van der Waals surface area contributed by atoms with Crippen LogP contribution >= 0.6 is 27.5 Å². The second-order valence-corrected chi connectivity index (χ2v) is 6.19. The van der Waals surface area contributed by atoms with Gasteiger partial charge in [0.25, 0.3) is 0 Å². The quantitative estimate of drug-likeness (QED) is 0.844. The number of anilines is 1. The van der Waals surface area contributed by atoms with Crippen molar-refractivity contribution in [2.45, 2.75) is 13.5 Å². The van der Waals surface area contributed by atoms with Crippen LogP contribution in [0.2, 0.25) is 5.02 Å². The van der Waals surface area contributed by atoms with Crippen LogP contribution in [-0.2, 0) is 6.54 Å². The first-order chi connectivity index (χ1) is 10.1. The molecule has 0 fully saturated rings. The van der Waals surface area contributed by atoms with Gasteiger partial charge in [0.15, 0.2) is 11.5 Å². The van der Waals surface area contributed by atoms with E-state index in [1.54, 1.807) is 0 Å². The molecule has 1 N–H and O–H groups in total. The van der Waals surface area contributed by atoms with Crippen molar-refractivity contribution in [2.75, 3.05) is 18.5 Å². The topological polar surface area (TPSA) is 30.5 Å². The van der Waals surface area contributed by atoms with Crippen LogP contribution in [0.25, 0.3) is 0 Å². The molecule has 1 aliphatic rings. The second-order valence-electron chi connectivity index (χ2n) is 4.90. The molecule has 3 rings (SSSR count). The van der Waals surface area contributed by atoms with Crippen LogP contribution < -0.4 is 14.8 Å². The van der Waals surface area contributed by atoms with Crippen molar-refractivity contribution in [1.82, 2.24) is 0 Å². The summed E-state index contributed by atoms with van der Waals surface area (Å²) in [6.45, 7) is 3.96. The molecule has 5 heteroatoms. The van der Waals surface area contributed by atoms with E-state index in [-0.39, 0.29) is 0 Å². The van der Waals surface area contributed by atoms with Crippen molar-refractivity contribution >= 4 is 33.2 Å². The van der Waals surface area contributed by atoms with Crippen LogP contribution in [-0.4, -0.2) is 13.2 Å². The predicted molar refractivity (Wildman–Crippen MR) is 88.6 cm³/mol. The average molecular weight is 369 g/mol. The summed E-state index contributed by atoms with van der Waals surface area (Å²) in [6.07, 6.45) is 0. The average Bonchev–Trinajstić information content (AvgIpc) is 2.46. The lowest BCUT2D eigenvalue weighted by Gasteiger charge is -2.20. The van der Waals surface area contributed by atoms with Crippen LogP contribution in [0.15, 0.2) is 34.8 Å². The molecule has 3 nitrogen and oxygen atoms in total. The number of hydrogen-bond donors (Lipinski definition) is 1. The van der Waals surface area contributed by atoms with Gasteiger partial charge in [-0.25, -0.2) is 0 Å². The van der Waals surface area contributed by atoms with E-state index < -0.39 is 0 Å². The molecule has 21 heavy (non-hydrogen) atoms. The molecule has 1 aliphatic heterocycles. The third-order valence-electron chi connectivity index (χ3n) is 3.41. The molecule has 0 aliphatic carbocycles. The number of fused-ring (bicyclic) bond motifs is 1. The van der Waals surface area contributed by atoms with Crippen LogP contribution in [0.3, 0.4) is 0 Å². The van der Waals surface area contributed by atoms with Gasteiger partial charge < -0.3 is 14.8 Å². The Morgan fingerprint density at radius 2 is 1.86 bits per heavy atom. The first kappa shape index (κ1) is 14.5. The first-order valence-electron chi connectivity index (χ1n) is 6.71. The summed E-state index contributed by atoms with van der Waals surface area (Å²) < 4.78 is 12.1. The van der Waals surface area contributed by atoms with E-state index >= 15 is 0 Å². The van der Waals surface area contributed by atoms with Gasteiger partial charge in [-0.1, -0.05) is 17.7 Å². The Morgan fingerprint density at radius 1 is 1.14 bits per heavy atom. The lowest BCUT2D eigenvalue weighted by molar-refractivity contribution is 0.171.